The molecule has 3 aromatic rings. The van der Waals surface area contributed by atoms with Crippen molar-refractivity contribution in [2.75, 3.05) is 24.7 Å². The van der Waals surface area contributed by atoms with Gasteiger partial charge in [-0.1, -0.05) is 30.3 Å². The smallest absolute Gasteiger partial charge is 0.211 e. The predicted octanol–water partition coefficient (Wildman–Crippen LogP) is 1.63. The molecule has 0 radical (unpaired) electrons. The lowest BCUT2D eigenvalue weighted by atomic mass is 10.1. The van der Waals surface area contributed by atoms with E-state index in [-0.39, 0.29) is 6.04 Å². The number of sulfonamides is 1. The van der Waals surface area contributed by atoms with Crippen molar-refractivity contribution >= 4 is 21.5 Å². The Morgan fingerprint density at radius 3 is 2.69 bits per heavy atom. The summed E-state index contributed by atoms with van der Waals surface area (Å²) in [6.45, 7) is 1.03. The highest BCUT2D eigenvalue weighted by Gasteiger charge is 2.26. The summed E-state index contributed by atoms with van der Waals surface area (Å²) in [6, 6.07) is 13.5. The van der Waals surface area contributed by atoms with Crippen LogP contribution < -0.4 is 5.32 Å². The van der Waals surface area contributed by atoms with Crippen LogP contribution in [-0.2, 0) is 10.0 Å². The van der Waals surface area contributed by atoms with Crippen LogP contribution in [0.4, 0.5) is 5.82 Å². The van der Waals surface area contributed by atoms with E-state index in [1.165, 1.54) is 10.6 Å². The van der Waals surface area contributed by atoms with Gasteiger partial charge in [0.05, 0.1) is 6.26 Å². The zero-order chi connectivity index (χ0) is 18.1. The summed E-state index contributed by atoms with van der Waals surface area (Å²) >= 11 is 0. The molecule has 1 fully saturated rings. The molecule has 136 valence electrons. The number of hydrogen-bond donors (Lipinski definition) is 1. The van der Waals surface area contributed by atoms with Gasteiger partial charge in [0.2, 0.25) is 10.0 Å². The zero-order valence-electron chi connectivity index (χ0n) is 14.4. The number of aromatic nitrogens is 4. The van der Waals surface area contributed by atoms with E-state index in [2.05, 4.69) is 20.6 Å². The lowest BCUT2D eigenvalue weighted by molar-refractivity contribution is 0.328. The van der Waals surface area contributed by atoms with E-state index in [9.17, 15) is 8.42 Å². The molecule has 9 heteroatoms. The largest absolute Gasteiger partial charge is 0.365 e. The topological polar surface area (TPSA) is 92.5 Å². The molecule has 1 unspecified atom stereocenters. The van der Waals surface area contributed by atoms with Crippen LogP contribution in [0.1, 0.15) is 12.8 Å². The molecule has 1 saturated heterocycles. The fourth-order valence-electron chi connectivity index (χ4n) is 3.20. The van der Waals surface area contributed by atoms with Gasteiger partial charge in [-0.2, -0.15) is 4.52 Å². The summed E-state index contributed by atoms with van der Waals surface area (Å²) in [7, 11) is -3.17. The van der Waals surface area contributed by atoms with E-state index in [4.69, 9.17) is 0 Å². The number of anilines is 1. The van der Waals surface area contributed by atoms with Crippen molar-refractivity contribution in [1.82, 2.24) is 24.1 Å². The maximum Gasteiger partial charge on any atom is 0.211 e. The van der Waals surface area contributed by atoms with Crippen molar-refractivity contribution in [3.8, 4) is 11.4 Å². The number of hydrogen-bond acceptors (Lipinski definition) is 6. The normalized spacial score (nSPS) is 18.9. The molecule has 1 N–H and O–H groups in total. The highest BCUT2D eigenvalue weighted by molar-refractivity contribution is 7.88. The van der Waals surface area contributed by atoms with E-state index in [0.29, 0.717) is 30.4 Å². The minimum atomic E-state index is -3.17. The molecule has 0 spiro atoms. The summed E-state index contributed by atoms with van der Waals surface area (Å²) in [5.41, 5.74) is 1.60. The minimum Gasteiger partial charge on any atom is -0.365 e. The first kappa shape index (κ1) is 16.9. The number of nitrogens with one attached hydrogen (secondary N) is 1. The van der Waals surface area contributed by atoms with Crippen LogP contribution in [0.15, 0.2) is 42.5 Å². The van der Waals surface area contributed by atoms with Gasteiger partial charge in [0.25, 0.3) is 0 Å². The molecular formula is C17H20N6O2S. The Hall–Kier alpha value is -2.52. The Morgan fingerprint density at radius 1 is 1.12 bits per heavy atom. The van der Waals surface area contributed by atoms with Gasteiger partial charge >= 0.3 is 0 Å². The van der Waals surface area contributed by atoms with Crippen molar-refractivity contribution in [3.05, 3.63) is 42.5 Å². The minimum absolute atomic E-state index is 0.0279. The van der Waals surface area contributed by atoms with Gasteiger partial charge < -0.3 is 5.32 Å². The highest BCUT2D eigenvalue weighted by atomic mass is 32.2. The Kier molecular flexibility index (Phi) is 4.33. The van der Waals surface area contributed by atoms with Gasteiger partial charge in [-0.3, -0.25) is 0 Å². The average Bonchev–Trinajstić information content (AvgIpc) is 3.05. The van der Waals surface area contributed by atoms with Crippen molar-refractivity contribution in [3.63, 3.8) is 0 Å². The summed E-state index contributed by atoms with van der Waals surface area (Å²) in [5.74, 6) is 1.35. The Morgan fingerprint density at radius 2 is 1.92 bits per heavy atom. The maximum absolute atomic E-state index is 11.8. The maximum atomic E-state index is 11.8. The molecule has 0 bridgehead atoms. The third kappa shape index (κ3) is 3.40. The number of nitrogens with zero attached hydrogens (tertiary/aromatic N) is 5. The summed E-state index contributed by atoms with van der Waals surface area (Å²) < 4.78 is 26.8. The Balaban J connectivity index is 1.60. The molecule has 4 rings (SSSR count). The molecule has 2 aromatic heterocycles. The molecule has 0 saturated carbocycles. The zero-order valence-corrected chi connectivity index (χ0v) is 15.2. The molecule has 1 aliphatic heterocycles. The Labute approximate surface area is 151 Å². The second kappa shape index (κ2) is 6.65. The first-order valence-corrected chi connectivity index (χ1v) is 10.3. The number of rotatable bonds is 4. The molecule has 1 aliphatic rings. The van der Waals surface area contributed by atoms with Gasteiger partial charge in [-0.05, 0) is 25.0 Å². The first-order valence-electron chi connectivity index (χ1n) is 8.50. The second-order valence-electron chi connectivity index (χ2n) is 6.48. The lowest BCUT2D eigenvalue weighted by Gasteiger charge is -2.31. The van der Waals surface area contributed by atoms with Crippen molar-refractivity contribution in [2.24, 2.45) is 0 Å². The predicted molar refractivity (Wildman–Crippen MR) is 99.3 cm³/mol. The third-order valence-corrected chi connectivity index (χ3v) is 5.77. The Bertz CT molecular complexity index is 1020. The molecule has 1 atom stereocenters. The molecule has 1 aromatic carbocycles. The van der Waals surface area contributed by atoms with E-state index >= 15 is 0 Å². The average molecular weight is 372 g/mol. The van der Waals surface area contributed by atoms with E-state index in [1.807, 2.05) is 42.5 Å². The van der Waals surface area contributed by atoms with Crippen LogP contribution in [0.3, 0.4) is 0 Å². The number of fused-ring (bicyclic) bond motifs is 1. The van der Waals surface area contributed by atoms with Crippen LogP contribution in [0.2, 0.25) is 0 Å². The van der Waals surface area contributed by atoms with Gasteiger partial charge in [-0.15, -0.1) is 15.3 Å². The van der Waals surface area contributed by atoms with Crippen LogP contribution in [0.25, 0.3) is 17.0 Å². The molecular weight excluding hydrogens is 352 g/mol. The molecule has 3 heterocycles. The summed E-state index contributed by atoms with van der Waals surface area (Å²) in [6.07, 6.45) is 2.98. The number of benzene rings is 1. The molecule has 8 nitrogen and oxygen atoms in total. The van der Waals surface area contributed by atoms with Crippen LogP contribution in [-0.4, -0.2) is 57.9 Å². The number of piperidine rings is 1. The molecule has 0 amide bonds. The highest BCUT2D eigenvalue weighted by Crippen LogP contribution is 2.20. The van der Waals surface area contributed by atoms with Crippen LogP contribution in [0.5, 0.6) is 0 Å². The lowest BCUT2D eigenvalue weighted by Crippen LogP contribution is -2.44. The fraction of sp³-hybridized carbons (Fsp3) is 0.353. The van der Waals surface area contributed by atoms with E-state index in [0.717, 1.165) is 18.4 Å². The van der Waals surface area contributed by atoms with E-state index in [1.54, 1.807) is 4.52 Å². The van der Waals surface area contributed by atoms with Gasteiger partial charge in [0.15, 0.2) is 11.5 Å². The van der Waals surface area contributed by atoms with Crippen LogP contribution >= 0.6 is 0 Å². The standard InChI is InChI=1S/C17H20N6O2S/c1-26(24,25)22-11-5-8-14(12-22)18-15-9-10-16-19-20-17(23(16)21-15)13-6-3-2-4-7-13/h2-4,6-7,9-10,14H,5,8,11-12H2,1H3,(H,18,21). The summed E-state index contributed by atoms with van der Waals surface area (Å²) in [5, 5.41) is 16.4. The monoisotopic (exact) mass is 372 g/mol. The van der Waals surface area contributed by atoms with Crippen LogP contribution in [0, 0.1) is 0 Å². The van der Waals surface area contributed by atoms with Crippen molar-refractivity contribution in [1.29, 1.82) is 0 Å². The van der Waals surface area contributed by atoms with Gasteiger partial charge in [0, 0.05) is 24.7 Å². The van der Waals surface area contributed by atoms with Crippen molar-refractivity contribution < 1.29 is 8.42 Å². The van der Waals surface area contributed by atoms with Crippen molar-refractivity contribution in [2.45, 2.75) is 18.9 Å². The first-order chi connectivity index (χ1) is 12.5. The molecule has 0 aliphatic carbocycles. The second-order valence-corrected chi connectivity index (χ2v) is 8.47. The third-order valence-electron chi connectivity index (χ3n) is 4.50. The quantitative estimate of drug-likeness (QED) is 0.748. The van der Waals surface area contributed by atoms with Gasteiger partial charge in [-0.25, -0.2) is 12.7 Å². The molecule has 26 heavy (non-hydrogen) atoms. The SMILES string of the molecule is CS(=O)(=O)N1CCCC(Nc2ccc3nnc(-c4ccccc4)n3n2)C1. The summed E-state index contributed by atoms with van der Waals surface area (Å²) in [4.78, 5) is 0. The fourth-order valence-corrected chi connectivity index (χ4v) is 4.12. The van der Waals surface area contributed by atoms with E-state index < -0.39 is 10.0 Å². The van der Waals surface area contributed by atoms with Gasteiger partial charge in [0.1, 0.15) is 5.82 Å².